The fraction of sp³-hybridized carbons (Fsp3) is 0.182. The van der Waals surface area contributed by atoms with E-state index in [1.165, 1.54) is 12.1 Å². The molecule has 1 aliphatic heterocycles. The number of alkyl halides is 3. The molecule has 5 heteroatoms. The Morgan fingerprint density at radius 3 is 2.38 bits per heavy atom. The monoisotopic (exact) mass is 243 g/mol. The van der Waals surface area contributed by atoms with E-state index in [1.807, 2.05) is 6.08 Å². The van der Waals surface area contributed by atoms with Crippen LogP contribution in [-0.4, -0.2) is 12.1 Å². The molecular formula is C11H8F3NS. The molecule has 2 rings (SSSR count). The van der Waals surface area contributed by atoms with Crippen LogP contribution in [-0.2, 0) is 6.18 Å². The van der Waals surface area contributed by atoms with E-state index in [9.17, 15) is 13.2 Å². The number of aliphatic imine (C=N–C) groups is 1. The molecule has 0 radical (unpaired) electrons. The number of thioether (sulfide) groups is 1. The molecule has 0 bridgehead atoms. The number of nitrogens with zero attached hydrogens (tertiary/aromatic N) is 1. The van der Waals surface area contributed by atoms with Crippen molar-refractivity contribution < 1.29 is 13.2 Å². The second kappa shape index (κ2) is 4.33. The molecule has 0 N–H and O–H groups in total. The summed E-state index contributed by atoms with van der Waals surface area (Å²) in [6, 6.07) is 5.09. The fourth-order valence-electron chi connectivity index (χ4n) is 1.29. The summed E-state index contributed by atoms with van der Waals surface area (Å²) in [4.78, 5) is 4.98. The van der Waals surface area contributed by atoms with Gasteiger partial charge in [0.2, 0.25) is 0 Å². The molecule has 0 aromatic heterocycles. The van der Waals surface area contributed by atoms with E-state index in [0.717, 1.165) is 22.6 Å². The first-order chi connectivity index (χ1) is 7.55. The lowest BCUT2D eigenvalue weighted by Gasteiger charge is -2.06. The summed E-state index contributed by atoms with van der Waals surface area (Å²) in [5.41, 5.74) is 0.131. The molecule has 0 amide bonds. The largest absolute Gasteiger partial charge is 0.416 e. The highest BCUT2D eigenvalue weighted by Crippen LogP contribution is 2.30. The summed E-state index contributed by atoms with van der Waals surface area (Å²) in [6.45, 7) is 0. The van der Waals surface area contributed by atoms with E-state index in [-0.39, 0.29) is 0 Å². The molecule has 0 saturated heterocycles. The highest BCUT2D eigenvalue weighted by Gasteiger charge is 2.29. The lowest BCUT2D eigenvalue weighted by molar-refractivity contribution is -0.137. The number of rotatable bonds is 1. The smallest absolute Gasteiger partial charge is 0.281 e. The fourth-order valence-corrected chi connectivity index (χ4v) is 1.95. The summed E-state index contributed by atoms with van der Waals surface area (Å²) >= 11 is 1.56. The number of benzene rings is 1. The summed E-state index contributed by atoms with van der Waals surface area (Å²) < 4.78 is 36.9. The van der Waals surface area contributed by atoms with E-state index in [2.05, 4.69) is 4.99 Å². The molecule has 1 aromatic carbocycles. The zero-order valence-corrected chi connectivity index (χ0v) is 8.98. The molecule has 0 spiro atoms. The Bertz CT molecular complexity index is 432. The minimum atomic E-state index is -4.27. The lowest BCUT2D eigenvalue weighted by Crippen LogP contribution is -2.03. The number of hydrogen-bond acceptors (Lipinski definition) is 2. The molecule has 84 valence electrons. The number of halogens is 3. The summed E-state index contributed by atoms with van der Waals surface area (Å²) in [6.07, 6.45) is -0.723. The predicted octanol–water partition coefficient (Wildman–Crippen LogP) is 3.82. The van der Waals surface area contributed by atoms with Gasteiger partial charge in [0.25, 0.3) is 0 Å². The molecule has 1 aliphatic rings. The molecule has 1 aromatic rings. The third-order valence-electron chi connectivity index (χ3n) is 2.07. The average Bonchev–Trinajstić information content (AvgIpc) is 2.70. The Morgan fingerprint density at radius 1 is 1.19 bits per heavy atom. The third kappa shape index (κ3) is 2.66. The molecule has 0 aliphatic carbocycles. The van der Waals surface area contributed by atoms with Crippen molar-refractivity contribution >= 4 is 24.1 Å². The van der Waals surface area contributed by atoms with E-state index in [1.54, 1.807) is 18.0 Å². The second-order valence-corrected chi connectivity index (χ2v) is 4.27. The van der Waals surface area contributed by atoms with E-state index in [4.69, 9.17) is 0 Å². The van der Waals surface area contributed by atoms with Crippen molar-refractivity contribution in [2.45, 2.75) is 6.18 Å². The molecule has 0 saturated carbocycles. The van der Waals surface area contributed by atoms with Gasteiger partial charge in [-0.25, -0.2) is 0 Å². The first kappa shape index (κ1) is 11.3. The quantitative estimate of drug-likeness (QED) is 0.730. The van der Waals surface area contributed by atoms with Crippen LogP contribution in [0.2, 0.25) is 0 Å². The van der Waals surface area contributed by atoms with Crippen LogP contribution in [0, 0.1) is 0 Å². The van der Waals surface area contributed by atoms with Crippen LogP contribution < -0.4 is 0 Å². The van der Waals surface area contributed by atoms with Gasteiger partial charge in [0.1, 0.15) is 0 Å². The van der Waals surface area contributed by atoms with Gasteiger partial charge < -0.3 is 0 Å². The normalized spacial score (nSPS) is 18.3. The Balaban J connectivity index is 2.20. The lowest BCUT2D eigenvalue weighted by atomic mass is 10.1. The molecular weight excluding hydrogens is 235 g/mol. The maximum Gasteiger partial charge on any atom is 0.416 e. The molecule has 0 unspecified atom stereocenters. The summed E-state index contributed by atoms with van der Waals surface area (Å²) in [5.74, 6) is 0.687. The Morgan fingerprint density at radius 2 is 1.88 bits per heavy atom. The zero-order valence-electron chi connectivity index (χ0n) is 8.16. The van der Waals surface area contributed by atoms with Crippen molar-refractivity contribution in [3.63, 3.8) is 0 Å². The van der Waals surface area contributed by atoms with E-state index < -0.39 is 11.7 Å². The van der Waals surface area contributed by atoms with E-state index >= 15 is 0 Å². The SMILES string of the molecule is FC(F)(F)c1ccc(C=C2C=NCS2)cc1. The molecule has 1 nitrogen and oxygen atoms in total. The molecule has 1 heterocycles. The van der Waals surface area contributed by atoms with Crippen LogP contribution in [0.1, 0.15) is 11.1 Å². The zero-order chi connectivity index (χ0) is 11.6. The Hall–Kier alpha value is -1.23. The Kier molecular flexibility index (Phi) is 3.05. The number of hydrogen-bond donors (Lipinski definition) is 0. The summed E-state index contributed by atoms with van der Waals surface area (Å²) in [5, 5.41) is 0. The van der Waals surface area contributed by atoms with Crippen molar-refractivity contribution in [1.82, 2.24) is 0 Å². The Labute approximate surface area is 95.1 Å². The van der Waals surface area contributed by atoms with Crippen LogP contribution in [0.3, 0.4) is 0 Å². The van der Waals surface area contributed by atoms with Gasteiger partial charge in [-0.1, -0.05) is 12.1 Å². The number of allylic oxidation sites excluding steroid dienone is 1. The van der Waals surface area contributed by atoms with Crippen LogP contribution in [0.5, 0.6) is 0 Å². The van der Waals surface area contributed by atoms with Crippen LogP contribution in [0.4, 0.5) is 13.2 Å². The molecule has 0 atom stereocenters. The van der Waals surface area contributed by atoms with Crippen LogP contribution in [0.25, 0.3) is 6.08 Å². The molecule has 16 heavy (non-hydrogen) atoms. The average molecular weight is 243 g/mol. The topological polar surface area (TPSA) is 12.4 Å². The van der Waals surface area contributed by atoms with Gasteiger partial charge in [0.15, 0.2) is 0 Å². The van der Waals surface area contributed by atoms with Gasteiger partial charge in [-0.05, 0) is 23.8 Å². The summed E-state index contributed by atoms with van der Waals surface area (Å²) in [7, 11) is 0. The second-order valence-electron chi connectivity index (χ2n) is 3.25. The first-order valence-corrected chi connectivity index (χ1v) is 5.56. The van der Waals surface area contributed by atoms with Gasteiger partial charge in [-0.15, -0.1) is 11.8 Å². The van der Waals surface area contributed by atoms with Crippen molar-refractivity contribution in [2.24, 2.45) is 4.99 Å². The van der Waals surface area contributed by atoms with Gasteiger partial charge in [-0.3, -0.25) is 4.99 Å². The van der Waals surface area contributed by atoms with Crippen molar-refractivity contribution in [2.75, 3.05) is 5.88 Å². The van der Waals surface area contributed by atoms with Crippen molar-refractivity contribution in [3.8, 4) is 0 Å². The van der Waals surface area contributed by atoms with Gasteiger partial charge in [-0.2, -0.15) is 13.2 Å². The van der Waals surface area contributed by atoms with Gasteiger partial charge in [0.05, 0.1) is 11.4 Å². The highest BCUT2D eigenvalue weighted by atomic mass is 32.2. The van der Waals surface area contributed by atoms with Crippen LogP contribution in [0.15, 0.2) is 34.2 Å². The standard InChI is InChI=1S/C11H8F3NS/c12-11(13,14)9-3-1-8(2-4-9)5-10-6-15-7-16-10/h1-6H,7H2. The van der Waals surface area contributed by atoms with Gasteiger partial charge >= 0.3 is 6.18 Å². The first-order valence-electron chi connectivity index (χ1n) is 4.57. The minimum Gasteiger partial charge on any atom is -0.281 e. The van der Waals surface area contributed by atoms with Crippen LogP contribution >= 0.6 is 11.8 Å². The highest BCUT2D eigenvalue weighted by molar-refractivity contribution is 8.04. The van der Waals surface area contributed by atoms with Crippen molar-refractivity contribution in [1.29, 1.82) is 0 Å². The maximum atomic E-state index is 12.3. The molecule has 0 fully saturated rings. The third-order valence-corrected chi connectivity index (χ3v) is 2.91. The minimum absolute atomic E-state index is 0.623. The predicted molar refractivity (Wildman–Crippen MR) is 60.4 cm³/mol. The maximum absolute atomic E-state index is 12.3. The van der Waals surface area contributed by atoms with Gasteiger partial charge in [0, 0.05) is 11.1 Å². The van der Waals surface area contributed by atoms with Crippen molar-refractivity contribution in [3.05, 3.63) is 40.3 Å². The van der Waals surface area contributed by atoms with E-state index in [0.29, 0.717) is 5.88 Å².